The van der Waals surface area contributed by atoms with E-state index in [-0.39, 0.29) is 30.3 Å². The molecule has 0 bridgehead atoms. The molecule has 1 aliphatic heterocycles. The van der Waals surface area contributed by atoms with Crippen molar-refractivity contribution in [3.63, 3.8) is 0 Å². The second kappa shape index (κ2) is 9.47. The molecule has 202 valence electrons. The maximum atomic E-state index is 12.9. The van der Waals surface area contributed by atoms with Gasteiger partial charge in [-0.3, -0.25) is 4.79 Å². The number of hydrogen-bond donors (Lipinski definition) is 2. The molecule has 0 unspecified atom stereocenters. The Kier molecular flexibility index (Phi) is 7.15. The van der Waals surface area contributed by atoms with Crippen LogP contribution in [0.3, 0.4) is 0 Å². The van der Waals surface area contributed by atoms with Crippen LogP contribution >= 0.6 is 0 Å². The lowest BCUT2D eigenvalue weighted by Crippen LogP contribution is -2.67. The van der Waals surface area contributed by atoms with Crippen LogP contribution in [0, 0.1) is 11.8 Å². The van der Waals surface area contributed by atoms with Gasteiger partial charge in [-0.25, -0.2) is 0 Å². The Morgan fingerprint density at radius 1 is 1.19 bits per heavy atom. The Morgan fingerprint density at radius 3 is 2.42 bits per heavy atom. The summed E-state index contributed by atoms with van der Waals surface area (Å²) < 4.78 is 72.3. The van der Waals surface area contributed by atoms with E-state index in [0.29, 0.717) is 30.4 Å². The first-order valence-electron chi connectivity index (χ1n) is 12.6. The first kappa shape index (κ1) is 27.2. The molecule has 1 aromatic rings. The Bertz CT molecular complexity index is 1120. The molecule has 1 spiro atoms. The number of rotatable bonds is 4. The van der Waals surface area contributed by atoms with Crippen molar-refractivity contribution in [2.24, 2.45) is 17.6 Å². The molecule has 4 atom stereocenters. The highest BCUT2D eigenvalue weighted by molar-refractivity contribution is 7.88. The molecule has 4 aliphatic rings. The van der Waals surface area contributed by atoms with E-state index in [4.69, 9.17) is 10.5 Å². The lowest BCUT2D eigenvalue weighted by molar-refractivity contribution is -0.171. The second-order valence-corrected chi connectivity index (χ2v) is 12.0. The van der Waals surface area contributed by atoms with Gasteiger partial charge < -0.3 is 19.8 Å². The molecule has 11 heteroatoms. The zero-order valence-electron chi connectivity index (χ0n) is 20.6. The van der Waals surface area contributed by atoms with Gasteiger partial charge in [0.1, 0.15) is 0 Å². The third-order valence-electron chi connectivity index (χ3n) is 8.60. The summed E-state index contributed by atoms with van der Waals surface area (Å²) >= 11 is 0. The number of halogens is 3. The average Bonchev–Trinajstić information content (AvgIpc) is 3.13. The van der Waals surface area contributed by atoms with Crippen molar-refractivity contribution in [1.29, 1.82) is 0 Å². The fourth-order valence-corrected chi connectivity index (χ4v) is 6.81. The maximum absolute atomic E-state index is 12.9. The van der Waals surface area contributed by atoms with Crippen LogP contribution in [0.4, 0.5) is 13.2 Å². The second-order valence-electron chi connectivity index (χ2n) is 10.4. The van der Waals surface area contributed by atoms with Gasteiger partial charge in [-0.1, -0.05) is 32.8 Å². The molecule has 0 radical (unpaired) electrons. The van der Waals surface area contributed by atoms with Crippen molar-refractivity contribution >= 4 is 15.9 Å². The summed E-state index contributed by atoms with van der Waals surface area (Å²) in [4.78, 5) is 12.8. The number of aryl methyl sites for hydroxylation is 1. The summed E-state index contributed by atoms with van der Waals surface area (Å²) in [7, 11) is -5.92. The predicted molar refractivity (Wildman–Crippen MR) is 126 cm³/mol. The Labute approximate surface area is 209 Å². The van der Waals surface area contributed by atoms with E-state index >= 15 is 0 Å². The minimum Gasteiger partial charge on any atom is -0.477 e. The number of fused-ring (bicyclic) bond motifs is 1. The molecule has 0 aromatic heterocycles. The van der Waals surface area contributed by atoms with Crippen LogP contribution in [-0.2, 0) is 26.7 Å². The van der Waals surface area contributed by atoms with Crippen molar-refractivity contribution < 1.29 is 40.4 Å². The number of aliphatic hydroxyl groups is 1. The molecule has 3 saturated carbocycles. The zero-order valence-corrected chi connectivity index (χ0v) is 21.4. The molecule has 0 amide bonds. The van der Waals surface area contributed by atoms with E-state index in [9.17, 15) is 31.5 Å². The third kappa shape index (κ3) is 4.11. The number of carbonyl (C=O) groups excluding carboxylic acids is 1. The Morgan fingerprint density at radius 2 is 1.89 bits per heavy atom. The van der Waals surface area contributed by atoms with Gasteiger partial charge in [-0.2, -0.15) is 21.6 Å². The van der Waals surface area contributed by atoms with Gasteiger partial charge in [0, 0.05) is 12.0 Å². The highest BCUT2D eigenvalue weighted by atomic mass is 32.2. The van der Waals surface area contributed by atoms with Crippen LogP contribution in [0.2, 0.25) is 0 Å². The van der Waals surface area contributed by atoms with Gasteiger partial charge in [0.05, 0.1) is 11.0 Å². The number of Topliss-reactive ketones (excluding diaryl/α,β-unsaturated/α-hetero) is 1. The standard InChI is InChI=1S/C20H23F3O6S.C5H11N/c1-3-12-6-7-14(29-30(26,27)20(21,22)23)16-15(12)18-9-4-5-11(2)19(18,25)10-8-13(24)17(18)28-16;6-4-5-2-1-3-5/h6-7,11,17,25H,3-5,8-10H2,1-2H3;5H,1-4,6H2/t11-,17-,18-,19+;/m0./s1. The topological polar surface area (TPSA) is 116 Å². The minimum atomic E-state index is -5.92. The first-order chi connectivity index (χ1) is 16.8. The van der Waals surface area contributed by atoms with Crippen molar-refractivity contribution in [1.82, 2.24) is 0 Å². The number of carbonyl (C=O) groups is 1. The van der Waals surface area contributed by atoms with Gasteiger partial charge in [0.2, 0.25) is 0 Å². The molecule has 0 saturated heterocycles. The van der Waals surface area contributed by atoms with E-state index in [1.54, 1.807) is 0 Å². The van der Waals surface area contributed by atoms with E-state index in [0.717, 1.165) is 24.9 Å². The fourth-order valence-electron chi connectivity index (χ4n) is 6.35. The molecule has 5 rings (SSSR count). The van der Waals surface area contributed by atoms with Crippen LogP contribution < -0.4 is 14.7 Å². The van der Waals surface area contributed by atoms with Gasteiger partial charge in [-0.15, -0.1) is 0 Å². The molecule has 3 N–H and O–H groups in total. The molecule has 3 fully saturated rings. The van der Waals surface area contributed by atoms with Crippen molar-refractivity contribution in [3.8, 4) is 11.5 Å². The first-order valence-corrected chi connectivity index (χ1v) is 14.0. The zero-order chi connectivity index (χ0) is 26.5. The quantitative estimate of drug-likeness (QED) is 0.442. The van der Waals surface area contributed by atoms with E-state index in [1.165, 1.54) is 25.3 Å². The van der Waals surface area contributed by atoms with E-state index < -0.39 is 38.5 Å². The largest absolute Gasteiger partial charge is 0.534 e. The lowest BCUT2D eigenvalue weighted by Gasteiger charge is -2.56. The van der Waals surface area contributed by atoms with Crippen LogP contribution in [-0.4, -0.2) is 43.1 Å². The molecular formula is C25H34F3NO6S. The third-order valence-corrected chi connectivity index (χ3v) is 9.57. The van der Waals surface area contributed by atoms with Crippen molar-refractivity contribution in [3.05, 3.63) is 23.3 Å². The van der Waals surface area contributed by atoms with Gasteiger partial charge in [0.15, 0.2) is 23.4 Å². The maximum Gasteiger partial charge on any atom is 0.534 e. The average molecular weight is 534 g/mol. The molecular weight excluding hydrogens is 499 g/mol. The van der Waals surface area contributed by atoms with Gasteiger partial charge in [-0.05, 0) is 68.5 Å². The summed E-state index contributed by atoms with van der Waals surface area (Å²) in [5.41, 5.74) is -1.61. The summed E-state index contributed by atoms with van der Waals surface area (Å²) in [6, 6.07) is 2.60. The highest BCUT2D eigenvalue weighted by Gasteiger charge is 2.69. The Balaban J connectivity index is 0.000000445. The number of alkyl halides is 3. The molecule has 36 heavy (non-hydrogen) atoms. The highest BCUT2D eigenvalue weighted by Crippen LogP contribution is 2.64. The number of ether oxygens (including phenoxy) is 1. The van der Waals surface area contributed by atoms with E-state index in [1.807, 2.05) is 13.8 Å². The minimum absolute atomic E-state index is 0.0831. The lowest BCUT2D eigenvalue weighted by atomic mass is 9.49. The van der Waals surface area contributed by atoms with Crippen LogP contribution in [0.25, 0.3) is 0 Å². The smallest absolute Gasteiger partial charge is 0.477 e. The summed E-state index contributed by atoms with van der Waals surface area (Å²) in [5, 5.41) is 11.8. The summed E-state index contributed by atoms with van der Waals surface area (Å²) in [6.45, 7) is 4.65. The van der Waals surface area contributed by atoms with Gasteiger partial charge >= 0.3 is 15.6 Å². The normalized spacial score (nSPS) is 31.7. The number of hydrogen-bond acceptors (Lipinski definition) is 7. The number of nitrogens with two attached hydrogens (primary N) is 1. The monoisotopic (exact) mass is 533 g/mol. The number of benzene rings is 1. The molecule has 1 aromatic carbocycles. The SMILES string of the molecule is CCc1ccc(OS(=O)(=O)C(F)(F)F)c2c1[C@]13CCC[C@H](C)[C@]1(O)CCC(=O)[C@@H]3O2.NCC1CCC1. The predicted octanol–water partition coefficient (Wildman–Crippen LogP) is 4.14. The summed E-state index contributed by atoms with van der Waals surface area (Å²) in [5.74, 6) is -0.321. The van der Waals surface area contributed by atoms with Crippen molar-refractivity contribution in [2.75, 3.05) is 6.54 Å². The molecule has 1 heterocycles. The Hall–Kier alpha value is -1.85. The van der Waals surface area contributed by atoms with Crippen LogP contribution in [0.15, 0.2) is 12.1 Å². The van der Waals surface area contributed by atoms with Crippen LogP contribution in [0.1, 0.15) is 76.3 Å². The molecule has 7 nitrogen and oxygen atoms in total. The molecule has 3 aliphatic carbocycles. The van der Waals surface area contributed by atoms with Crippen LogP contribution in [0.5, 0.6) is 11.5 Å². The van der Waals surface area contributed by atoms with Gasteiger partial charge in [0.25, 0.3) is 0 Å². The number of ketones is 1. The van der Waals surface area contributed by atoms with E-state index in [2.05, 4.69) is 4.18 Å². The van der Waals surface area contributed by atoms with Crippen molar-refractivity contribution in [2.45, 2.75) is 94.3 Å². The summed E-state index contributed by atoms with van der Waals surface area (Å²) in [6.07, 6.45) is 5.73. The fraction of sp³-hybridized carbons (Fsp3) is 0.720.